The summed E-state index contributed by atoms with van der Waals surface area (Å²) in [6, 6.07) is 9.23. The first kappa shape index (κ1) is 19.1. The number of hydrogen-bond donors (Lipinski definition) is 0. The minimum Gasteiger partial charge on any atom is -0.294 e. The van der Waals surface area contributed by atoms with Gasteiger partial charge in [-0.3, -0.25) is 9.59 Å². The lowest BCUT2D eigenvalue weighted by molar-refractivity contribution is -0.187. The van der Waals surface area contributed by atoms with Crippen molar-refractivity contribution < 1.29 is 29.0 Å². The zero-order chi connectivity index (χ0) is 19.4. The van der Waals surface area contributed by atoms with Gasteiger partial charge in [-0.15, -0.1) is 0 Å². The molecule has 26 heavy (non-hydrogen) atoms. The van der Waals surface area contributed by atoms with Crippen LogP contribution in [0.15, 0.2) is 36.4 Å². The van der Waals surface area contributed by atoms with Crippen molar-refractivity contribution in [3.05, 3.63) is 69.8 Å². The van der Waals surface area contributed by atoms with Crippen LogP contribution in [0.4, 0.5) is 0 Å². The molecular formula is C20H18O6. The monoisotopic (exact) mass is 354 g/mol. The number of carbonyl (C=O) groups is 4. The second kappa shape index (κ2) is 7.74. The standard InChI is InChI=1S/C20H18O6/c1-11-5-7-15(17(9-11)13(3)21)19(23)25-26-20(24)16-8-6-12(2)10-18(16)14(4)22/h5-10H,1-4H3. The lowest BCUT2D eigenvalue weighted by atomic mass is 10.0. The lowest BCUT2D eigenvalue weighted by Gasteiger charge is -2.09. The largest absolute Gasteiger partial charge is 0.387 e. The summed E-state index contributed by atoms with van der Waals surface area (Å²) in [7, 11) is 0. The Hall–Kier alpha value is -3.28. The Kier molecular flexibility index (Phi) is 5.67. The van der Waals surface area contributed by atoms with E-state index in [9.17, 15) is 19.2 Å². The van der Waals surface area contributed by atoms with Crippen molar-refractivity contribution in [3.63, 3.8) is 0 Å². The van der Waals surface area contributed by atoms with Crippen molar-refractivity contribution in [1.29, 1.82) is 0 Å². The van der Waals surface area contributed by atoms with E-state index < -0.39 is 11.9 Å². The van der Waals surface area contributed by atoms with Crippen molar-refractivity contribution >= 4 is 23.5 Å². The second-order valence-corrected chi connectivity index (χ2v) is 5.95. The van der Waals surface area contributed by atoms with Crippen molar-refractivity contribution in [2.75, 3.05) is 0 Å². The Balaban J connectivity index is 2.20. The van der Waals surface area contributed by atoms with Gasteiger partial charge in [0.2, 0.25) is 0 Å². The van der Waals surface area contributed by atoms with Crippen LogP contribution in [0.3, 0.4) is 0 Å². The van der Waals surface area contributed by atoms with Gasteiger partial charge < -0.3 is 0 Å². The Morgan fingerprint density at radius 1 is 0.615 bits per heavy atom. The first-order valence-electron chi connectivity index (χ1n) is 7.87. The van der Waals surface area contributed by atoms with Crippen molar-refractivity contribution in [2.24, 2.45) is 0 Å². The summed E-state index contributed by atoms with van der Waals surface area (Å²) in [5.74, 6) is -2.58. The van der Waals surface area contributed by atoms with Crippen LogP contribution < -0.4 is 0 Å². The third kappa shape index (κ3) is 4.22. The van der Waals surface area contributed by atoms with Gasteiger partial charge in [0.25, 0.3) is 0 Å². The summed E-state index contributed by atoms with van der Waals surface area (Å²) in [5, 5.41) is 0. The smallest absolute Gasteiger partial charge is 0.294 e. The van der Waals surface area contributed by atoms with Gasteiger partial charge in [-0.05, 0) is 52.0 Å². The summed E-state index contributed by atoms with van der Waals surface area (Å²) < 4.78 is 0. The van der Waals surface area contributed by atoms with E-state index in [-0.39, 0.29) is 33.8 Å². The minimum absolute atomic E-state index is 0.00778. The number of benzene rings is 2. The van der Waals surface area contributed by atoms with Crippen molar-refractivity contribution in [2.45, 2.75) is 27.7 Å². The zero-order valence-corrected chi connectivity index (χ0v) is 14.9. The highest BCUT2D eigenvalue weighted by Crippen LogP contribution is 2.17. The first-order valence-corrected chi connectivity index (χ1v) is 7.87. The van der Waals surface area contributed by atoms with E-state index in [1.165, 1.54) is 26.0 Å². The molecule has 0 aliphatic carbocycles. The summed E-state index contributed by atoms with van der Waals surface area (Å²) in [6.07, 6.45) is 0. The van der Waals surface area contributed by atoms with Crippen LogP contribution in [0.25, 0.3) is 0 Å². The van der Waals surface area contributed by atoms with Crippen LogP contribution in [0.2, 0.25) is 0 Å². The molecule has 0 radical (unpaired) electrons. The maximum Gasteiger partial charge on any atom is 0.387 e. The molecule has 0 bridgehead atoms. The van der Waals surface area contributed by atoms with Gasteiger partial charge in [0.05, 0.1) is 11.1 Å². The van der Waals surface area contributed by atoms with E-state index in [1.54, 1.807) is 38.1 Å². The zero-order valence-electron chi connectivity index (χ0n) is 14.9. The summed E-state index contributed by atoms with van der Waals surface area (Å²) in [5.41, 5.74) is 1.93. The number of carbonyl (C=O) groups excluding carboxylic acids is 4. The van der Waals surface area contributed by atoms with Gasteiger partial charge in [0.1, 0.15) is 0 Å². The van der Waals surface area contributed by atoms with Crippen LogP contribution in [0.1, 0.15) is 66.4 Å². The highest BCUT2D eigenvalue weighted by Gasteiger charge is 2.21. The van der Waals surface area contributed by atoms with Gasteiger partial charge in [0.15, 0.2) is 11.6 Å². The Bertz CT molecular complexity index is 835. The van der Waals surface area contributed by atoms with Crippen LogP contribution in [-0.2, 0) is 9.78 Å². The Morgan fingerprint density at radius 3 is 1.27 bits per heavy atom. The summed E-state index contributed by atoms with van der Waals surface area (Å²) in [4.78, 5) is 56.9. The molecule has 0 N–H and O–H groups in total. The second-order valence-electron chi connectivity index (χ2n) is 5.95. The third-order valence-corrected chi connectivity index (χ3v) is 3.74. The molecule has 0 atom stereocenters. The average Bonchev–Trinajstić information content (AvgIpc) is 2.59. The predicted octanol–water partition coefficient (Wildman–Crippen LogP) is 3.64. The molecule has 0 aliphatic heterocycles. The molecule has 0 unspecified atom stereocenters. The van der Waals surface area contributed by atoms with Gasteiger partial charge >= 0.3 is 11.9 Å². The summed E-state index contributed by atoms with van der Waals surface area (Å²) in [6.45, 7) is 6.20. The molecule has 2 aromatic carbocycles. The van der Waals surface area contributed by atoms with Gasteiger partial charge in [-0.2, -0.15) is 0 Å². The van der Waals surface area contributed by atoms with Crippen LogP contribution >= 0.6 is 0 Å². The van der Waals surface area contributed by atoms with Crippen LogP contribution in [0, 0.1) is 13.8 Å². The van der Waals surface area contributed by atoms with E-state index in [0.717, 1.165) is 11.1 Å². The SMILES string of the molecule is CC(=O)c1cc(C)ccc1C(=O)OOC(=O)c1ccc(C)cc1C(C)=O. The number of ketones is 2. The van der Waals surface area contributed by atoms with Gasteiger partial charge in [-0.1, -0.05) is 23.3 Å². The highest BCUT2D eigenvalue weighted by molar-refractivity contribution is 6.07. The summed E-state index contributed by atoms with van der Waals surface area (Å²) >= 11 is 0. The van der Waals surface area contributed by atoms with E-state index in [1.807, 2.05) is 0 Å². The quantitative estimate of drug-likeness (QED) is 0.473. The van der Waals surface area contributed by atoms with E-state index in [4.69, 9.17) is 0 Å². The molecule has 0 saturated carbocycles. The molecule has 0 aromatic heterocycles. The molecule has 0 spiro atoms. The topological polar surface area (TPSA) is 86.7 Å². The maximum absolute atomic E-state index is 12.2. The van der Waals surface area contributed by atoms with Crippen LogP contribution in [-0.4, -0.2) is 23.5 Å². The van der Waals surface area contributed by atoms with Crippen LogP contribution in [0.5, 0.6) is 0 Å². The van der Waals surface area contributed by atoms with E-state index in [2.05, 4.69) is 9.78 Å². The number of rotatable bonds is 4. The average molecular weight is 354 g/mol. The number of hydrogen-bond acceptors (Lipinski definition) is 6. The highest BCUT2D eigenvalue weighted by atomic mass is 17.2. The molecule has 0 aliphatic rings. The third-order valence-electron chi connectivity index (χ3n) is 3.74. The van der Waals surface area contributed by atoms with E-state index >= 15 is 0 Å². The predicted molar refractivity (Wildman–Crippen MR) is 93.2 cm³/mol. The van der Waals surface area contributed by atoms with Gasteiger partial charge in [-0.25, -0.2) is 19.4 Å². The molecule has 0 fully saturated rings. The normalized spacial score (nSPS) is 10.2. The van der Waals surface area contributed by atoms with E-state index in [0.29, 0.717) is 0 Å². The molecule has 2 rings (SSSR count). The molecule has 134 valence electrons. The lowest BCUT2D eigenvalue weighted by Crippen LogP contribution is -2.16. The number of aryl methyl sites for hydroxylation is 2. The first-order chi connectivity index (χ1) is 12.2. The van der Waals surface area contributed by atoms with Crippen molar-refractivity contribution in [1.82, 2.24) is 0 Å². The number of Topliss-reactive ketones (excluding diaryl/α,β-unsaturated/α-hetero) is 2. The molecule has 6 heteroatoms. The molecular weight excluding hydrogens is 336 g/mol. The molecule has 6 nitrogen and oxygen atoms in total. The minimum atomic E-state index is -0.972. The fraction of sp³-hybridized carbons (Fsp3) is 0.200. The van der Waals surface area contributed by atoms with Crippen molar-refractivity contribution in [3.8, 4) is 0 Å². The molecule has 0 saturated heterocycles. The maximum atomic E-state index is 12.2. The Morgan fingerprint density at radius 2 is 0.962 bits per heavy atom. The fourth-order valence-corrected chi connectivity index (χ4v) is 2.42. The molecule has 2 aromatic rings. The van der Waals surface area contributed by atoms with Gasteiger partial charge in [0, 0.05) is 11.1 Å². The fourth-order valence-electron chi connectivity index (χ4n) is 2.42. The molecule has 0 heterocycles. The Labute approximate surface area is 150 Å². The molecule has 0 amide bonds.